The van der Waals surface area contributed by atoms with Gasteiger partial charge in [-0.2, -0.15) is 0 Å². The Balaban J connectivity index is 2.58. The zero-order valence-electron chi connectivity index (χ0n) is 9.36. The topological polar surface area (TPSA) is 102 Å². The van der Waals surface area contributed by atoms with Crippen molar-refractivity contribution in [3.63, 3.8) is 0 Å². The minimum atomic E-state index is -0.599. The third-order valence-electron chi connectivity index (χ3n) is 2.29. The van der Waals surface area contributed by atoms with E-state index in [4.69, 9.17) is 10.3 Å². The monoisotopic (exact) mass is 249 g/mol. The lowest BCUT2D eigenvalue weighted by molar-refractivity contribution is 0.384. The van der Waals surface area contributed by atoms with Gasteiger partial charge >= 0.3 is 0 Å². The molecule has 0 atom stereocenters. The maximum atomic E-state index is 14.1. The third kappa shape index (κ3) is 2.06. The predicted molar refractivity (Wildman–Crippen MR) is 58.5 cm³/mol. The van der Waals surface area contributed by atoms with E-state index >= 15 is 0 Å². The van der Waals surface area contributed by atoms with Crippen LogP contribution < -0.4 is 4.74 Å². The molecule has 0 spiro atoms. The summed E-state index contributed by atoms with van der Waals surface area (Å²) in [6, 6.07) is 3.03. The van der Waals surface area contributed by atoms with Gasteiger partial charge in [0.2, 0.25) is 0 Å². The van der Waals surface area contributed by atoms with E-state index in [2.05, 4.69) is 25.6 Å². The summed E-state index contributed by atoms with van der Waals surface area (Å²) in [5.41, 5.74) is 8.88. The first-order chi connectivity index (χ1) is 8.77. The van der Waals surface area contributed by atoms with Gasteiger partial charge < -0.3 is 4.74 Å². The summed E-state index contributed by atoms with van der Waals surface area (Å²) in [4.78, 5) is 2.61. The van der Waals surface area contributed by atoms with Crippen LogP contribution in [0.2, 0.25) is 0 Å². The molecular formula is C9H8FN7O. The molecule has 2 rings (SSSR count). The molecule has 9 heteroatoms. The van der Waals surface area contributed by atoms with E-state index in [1.165, 1.54) is 24.2 Å². The van der Waals surface area contributed by atoms with Gasteiger partial charge in [-0.3, -0.25) is 0 Å². The molecule has 18 heavy (non-hydrogen) atoms. The SMILES string of the molecule is COc1ccc(-n2cnnn2)c(CN=[N+]=[N-])c1F. The van der Waals surface area contributed by atoms with Crippen LogP contribution in [0.15, 0.2) is 23.6 Å². The highest BCUT2D eigenvalue weighted by molar-refractivity contribution is 5.46. The minimum Gasteiger partial charge on any atom is -0.494 e. The van der Waals surface area contributed by atoms with Gasteiger partial charge in [0.1, 0.15) is 6.33 Å². The highest BCUT2D eigenvalue weighted by atomic mass is 19.1. The van der Waals surface area contributed by atoms with Crippen molar-refractivity contribution >= 4 is 0 Å². The number of nitrogens with zero attached hydrogens (tertiary/aromatic N) is 7. The van der Waals surface area contributed by atoms with Crippen molar-refractivity contribution in [3.8, 4) is 11.4 Å². The Morgan fingerprint density at radius 2 is 2.39 bits per heavy atom. The molecule has 92 valence electrons. The first-order valence-electron chi connectivity index (χ1n) is 4.87. The lowest BCUT2D eigenvalue weighted by Crippen LogP contribution is -2.04. The van der Waals surface area contributed by atoms with E-state index in [0.29, 0.717) is 5.69 Å². The molecule has 0 aliphatic heterocycles. The van der Waals surface area contributed by atoms with Gasteiger partial charge in [-0.1, -0.05) is 5.11 Å². The summed E-state index contributed by atoms with van der Waals surface area (Å²) in [7, 11) is 1.35. The van der Waals surface area contributed by atoms with Crippen molar-refractivity contribution in [3.05, 3.63) is 40.3 Å². The van der Waals surface area contributed by atoms with E-state index in [1.54, 1.807) is 6.07 Å². The number of ether oxygens (including phenoxy) is 1. The van der Waals surface area contributed by atoms with Gasteiger partial charge in [-0.15, -0.1) is 5.10 Å². The summed E-state index contributed by atoms with van der Waals surface area (Å²) in [6.07, 6.45) is 1.32. The molecule has 0 radical (unpaired) electrons. The number of hydrogen-bond acceptors (Lipinski definition) is 5. The van der Waals surface area contributed by atoms with Crippen molar-refractivity contribution < 1.29 is 9.13 Å². The molecule has 8 nitrogen and oxygen atoms in total. The van der Waals surface area contributed by atoms with E-state index in [0.717, 1.165) is 0 Å². The number of hydrogen-bond donors (Lipinski definition) is 0. The first-order valence-corrected chi connectivity index (χ1v) is 4.87. The van der Waals surface area contributed by atoms with Crippen LogP contribution >= 0.6 is 0 Å². The summed E-state index contributed by atoms with van der Waals surface area (Å²) >= 11 is 0. The largest absolute Gasteiger partial charge is 0.494 e. The molecule has 0 fully saturated rings. The standard InChI is InChI=1S/C9H8FN7O/c1-18-8-3-2-7(17-5-13-15-16-17)6(9(8)10)4-12-14-11/h2-3,5H,4H2,1H3. The number of tetrazole rings is 1. The van der Waals surface area contributed by atoms with E-state index in [9.17, 15) is 4.39 Å². The molecule has 0 saturated carbocycles. The second-order valence-electron chi connectivity index (χ2n) is 3.22. The van der Waals surface area contributed by atoms with Crippen molar-refractivity contribution in [2.75, 3.05) is 7.11 Å². The molecule has 0 aliphatic carbocycles. The molecule has 1 aromatic heterocycles. The van der Waals surface area contributed by atoms with Gasteiger partial charge in [0, 0.05) is 10.5 Å². The average Bonchev–Trinajstić information content (AvgIpc) is 2.90. The quantitative estimate of drug-likeness (QED) is 0.466. The van der Waals surface area contributed by atoms with Gasteiger partial charge in [0.05, 0.1) is 19.3 Å². The minimum absolute atomic E-state index is 0.0648. The molecule has 0 saturated heterocycles. The molecule has 1 heterocycles. The molecule has 0 amide bonds. The molecule has 0 aliphatic rings. The molecule has 0 bridgehead atoms. The number of benzene rings is 1. The van der Waals surface area contributed by atoms with Crippen molar-refractivity contribution in [1.29, 1.82) is 0 Å². The zero-order chi connectivity index (χ0) is 13.0. The van der Waals surface area contributed by atoms with Gasteiger partial charge in [0.15, 0.2) is 11.6 Å². The first kappa shape index (κ1) is 11.8. The number of halogens is 1. The normalized spacial score (nSPS) is 9.89. The van der Waals surface area contributed by atoms with E-state index in [-0.39, 0.29) is 17.9 Å². The summed E-state index contributed by atoms with van der Waals surface area (Å²) in [5, 5.41) is 14.0. The van der Waals surface area contributed by atoms with Gasteiger partial charge in [-0.25, -0.2) is 9.07 Å². The molecule has 1 aromatic carbocycles. The number of azide groups is 1. The van der Waals surface area contributed by atoms with Crippen LogP contribution in [-0.4, -0.2) is 27.3 Å². The Morgan fingerprint density at radius 1 is 1.56 bits per heavy atom. The maximum absolute atomic E-state index is 14.1. The lowest BCUT2D eigenvalue weighted by atomic mass is 10.1. The Kier molecular flexibility index (Phi) is 3.35. The zero-order valence-corrected chi connectivity index (χ0v) is 9.36. The summed E-state index contributed by atoms with van der Waals surface area (Å²) in [6.45, 7) is -0.158. The highest BCUT2D eigenvalue weighted by Crippen LogP contribution is 2.26. The average molecular weight is 249 g/mol. The Bertz CT molecular complexity index is 591. The fraction of sp³-hybridized carbons (Fsp3) is 0.222. The fourth-order valence-electron chi connectivity index (χ4n) is 1.49. The lowest BCUT2D eigenvalue weighted by Gasteiger charge is -2.10. The molecule has 2 aromatic rings. The highest BCUT2D eigenvalue weighted by Gasteiger charge is 2.15. The summed E-state index contributed by atoms with van der Waals surface area (Å²) in [5.74, 6) is -0.534. The van der Waals surface area contributed by atoms with Crippen LogP contribution in [-0.2, 0) is 6.54 Å². The van der Waals surface area contributed by atoms with Crippen molar-refractivity contribution in [2.24, 2.45) is 5.11 Å². The second kappa shape index (κ2) is 5.11. The molecular weight excluding hydrogens is 241 g/mol. The maximum Gasteiger partial charge on any atom is 0.170 e. The van der Waals surface area contributed by atoms with Crippen LogP contribution in [0.1, 0.15) is 5.56 Å². The van der Waals surface area contributed by atoms with E-state index < -0.39 is 5.82 Å². The predicted octanol–water partition coefficient (Wildman–Crippen LogP) is 1.62. The summed E-state index contributed by atoms with van der Waals surface area (Å²) < 4.78 is 20.2. The number of methoxy groups -OCH3 is 1. The van der Waals surface area contributed by atoms with Crippen LogP contribution in [0.5, 0.6) is 5.75 Å². The second-order valence-corrected chi connectivity index (χ2v) is 3.22. The molecule has 0 unspecified atom stereocenters. The van der Waals surface area contributed by atoms with Crippen LogP contribution in [0.4, 0.5) is 4.39 Å². The van der Waals surface area contributed by atoms with Crippen LogP contribution in [0, 0.1) is 5.82 Å². The smallest absolute Gasteiger partial charge is 0.170 e. The fourth-order valence-corrected chi connectivity index (χ4v) is 1.49. The Hall–Kier alpha value is -2.67. The van der Waals surface area contributed by atoms with Gasteiger partial charge in [-0.05, 0) is 28.1 Å². The van der Waals surface area contributed by atoms with Crippen LogP contribution in [0.25, 0.3) is 16.1 Å². The van der Waals surface area contributed by atoms with E-state index in [1.807, 2.05) is 0 Å². The van der Waals surface area contributed by atoms with Crippen molar-refractivity contribution in [1.82, 2.24) is 20.2 Å². The Morgan fingerprint density at radius 3 is 3.00 bits per heavy atom. The van der Waals surface area contributed by atoms with Crippen molar-refractivity contribution in [2.45, 2.75) is 6.54 Å². The van der Waals surface area contributed by atoms with Gasteiger partial charge in [0.25, 0.3) is 0 Å². The Labute approximate surface area is 101 Å². The number of aromatic nitrogens is 4. The van der Waals surface area contributed by atoms with Crippen LogP contribution in [0.3, 0.4) is 0 Å². The number of rotatable bonds is 4. The third-order valence-corrected chi connectivity index (χ3v) is 2.29. The molecule has 0 N–H and O–H groups in total.